The molecule has 3 aromatic heterocycles. The highest BCUT2D eigenvalue weighted by molar-refractivity contribution is 7.00. The van der Waals surface area contributed by atoms with Crippen molar-refractivity contribution in [1.29, 1.82) is 0 Å². The van der Waals surface area contributed by atoms with Crippen molar-refractivity contribution >= 4 is 123 Å². The second-order valence-corrected chi connectivity index (χ2v) is 31.2. The first-order valence-electron chi connectivity index (χ1n) is 30.7. The van der Waals surface area contributed by atoms with Gasteiger partial charge in [-0.05, 0) is 179 Å². The Balaban J connectivity index is 1.11. The highest BCUT2D eigenvalue weighted by Gasteiger charge is 2.48. The van der Waals surface area contributed by atoms with Gasteiger partial charge in [0.15, 0.2) is 0 Å². The topological polar surface area (TPSA) is 29.5 Å². The van der Waals surface area contributed by atoms with E-state index >= 15 is 0 Å². The molecule has 0 bridgehead atoms. The predicted molar refractivity (Wildman–Crippen MR) is 362 cm³/mol. The average Bonchev–Trinajstić information content (AvgIpc) is 1.12. The van der Waals surface area contributed by atoms with E-state index in [-0.39, 0.29) is 39.2 Å². The van der Waals surface area contributed by atoms with Crippen LogP contribution in [0, 0.1) is 0 Å². The van der Waals surface area contributed by atoms with Gasteiger partial charge >= 0.3 is 0 Å². The molecule has 0 saturated carbocycles. The fourth-order valence-electron chi connectivity index (χ4n) is 14.4. The van der Waals surface area contributed by atoms with Crippen molar-refractivity contribution in [2.24, 2.45) is 0 Å². The van der Waals surface area contributed by atoms with Crippen LogP contribution >= 0.6 is 0 Å². The van der Waals surface area contributed by atoms with Gasteiger partial charge in [-0.2, -0.15) is 0 Å². The van der Waals surface area contributed by atoms with E-state index < -0.39 is 0 Å². The van der Waals surface area contributed by atoms with Crippen LogP contribution < -0.4 is 26.2 Å². The molecule has 9 aromatic carbocycles. The Hall–Kier alpha value is -7.96. The van der Waals surface area contributed by atoms with Gasteiger partial charge < -0.3 is 23.4 Å². The summed E-state index contributed by atoms with van der Waals surface area (Å²) >= 11 is 0. The largest absolute Gasteiger partial charge is 0.456 e. The summed E-state index contributed by atoms with van der Waals surface area (Å²) in [5.41, 5.74) is 27.7. The number of aromatic nitrogens is 2. The minimum atomic E-state index is -0.209. The number of nitrogens with zero attached hydrogens (tertiary/aromatic N) is 4. The Labute approximate surface area is 497 Å². The molecule has 3 aliphatic heterocycles. The number of fused-ring (bicyclic) bond motifs is 15. The minimum absolute atomic E-state index is 0.0146. The molecule has 15 rings (SSSR count). The van der Waals surface area contributed by atoms with Crippen LogP contribution in [0.5, 0.6) is 0 Å². The smallest absolute Gasteiger partial charge is 0.252 e. The van der Waals surface area contributed by atoms with Crippen LogP contribution in [-0.2, 0) is 32.5 Å². The van der Waals surface area contributed by atoms with Crippen LogP contribution in [0.15, 0.2) is 156 Å². The third kappa shape index (κ3) is 7.53. The Morgan fingerprint density at radius 1 is 0.321 bits per heavy atom. The van der Waals surface area contributed by atoms with Gasteiger partial charge in [0.2, 0.25) is 0 Å². The maximum atomic E-state index is 6.82. The first-order valence-corrected chi connectivity index (χ1v) is 30.7. The molecular weight excluding hydrogens is 1020 g/mol. The van der Waals surface area contributed by atoms with Gasteiger partial charge in [0.05, 0.1) is 50.2 Å². The lowest BCUT2D eigenvalue weighted by atomic mass is 9.33. The van der Waals surface area contributed by atoms with E-state index in [1.807, 2.05) is 0 Å². The number of hydrogen-bond acceptors (Lipinski definition) is 3. The molecule has 420 valence electrons. The van der Waals surface area contributed by atoms with Crippen molar-refractivity contribution in [3.8, 4) is 11.4 Å². The second-order valence-electron chi connectivity index (χ2n) is 31.2. The maximum Gasteiger partial charge on any atom is 0.252 e. The van der Waals surface area contributed by atoms with Gasteiger partial charge in [-0.15, -0.1) is 0 Å². The summed E-state index contributed by atoms with van der Waals surface area (Å²) in [7, 11) is 0. The molecule has 0 radical (unpaired) electrons. The molecule has 0 unspecified atom stereocenters. The van der Waals surface area contributed by atoms with Crippen LogP contribution in [0.4, 0.5) is 34.1 Å². The summed E-state index contributed by atoms with van der Waals surface area (Å²) in [5.74, 6) is 0. The van der Waals surface area contributed by atoms with E-state index in [1.54, 1.807) is 0 Å². The quantitative estimate of drug-likeness (QED) is 0.162. The molecular formula is C78H79BN4O. The van der Waals surface area contributed by atoms with Gasteiger partial charge in [-0.25, -0.2) is 0 Å². The molecule has 0 amide bonds. The Morgan fingerprint density at radius 3 is 1.38 bits per heavy atom. The summed E-state index contributed by atoms with van der Waals surface area (Å²) in [4.78, 5) is 5.37. The van der Waals surface area contributed by atoms with Crippen molar-refractivity contribution in [3.63, 3.8) is 0 Å². The van der Waals surface area contributed by atoms with E-state index in [1.165, 1.54) is 128 Å². The summed E-state index contributed by atoms with van der Waals surface area (Å²) in [6.07, 6.45) is 0. The predicted octanol–water partition coefficient (Wildman–Crippen LogP) is 20.0. The number of hydrogen-bond donors (Lipinski definition) is 0. The Kier molecular flexibility index (Phi) is 10.6. The van der Waals surface area contributed by atoms with Crippen LogP contribution in [0.3, 0.4) is 0 Å². The molecule has 6 heteroatoms. The van der Waals surface area contributed by atoms with E-state index in [0.29, 0.717) is 0 Å². The lowest BCUT2D eigenvalue weighted by Gasteiger charge is -2.47. The highest BCUT2D eigenvalue weighted by atomic mass is 16.3. The third-order valence-electron chi connectivity index (χ3n) is 19.3. The van der Waals surface area contributed by atoms with Gasteiger partial charge in [-0.1, -0.05) is 179 Å². The molecule has 0 spiro atoms. The average molecular weight is 1100 g/mol. The number of para-hydroxylation sites is 1. The number of furan rings is 1. The monoisotopic (exact) mass is 1100 g/mol. The summed E-state index contributed by atoms with van der Waals surface area (Å²) < 4.78 is 12.0. The highest BCUT2D eigenvalue weighted by Crippen LogP contribution is 2.56. The van der Waals surface area contributed by atoms with Gasteiger partial charge in [0.1, 0.15) is 11.2 Å². The molecule has 0 saturated heterocycles. The molecule has 6 heterocycles. The molecule has 5 nitrogen and oxygen atoms in total. The first kappa shape index (κ1) is 52.8. The molecule has 0 fully saturated rings. The Morgan fingerprint density at radius 2 is 0.798 bits per heavy atom. The molecule has 0 N–H and O–H groups in total. The lowest BCUT2D eigenvalue weighted by Crippen LogP contribution is -2.62. The molecule has 0 aliphatic carbocycles. The Bertz CT molecular complexity index is 4790. The molecule has 84 heavy (non-hydrogen) atoms. The fraction of sp³-hybridized carbons (Fsp3) is 0.308. The van der Waals surface area contributed by atoms with Crippen molar-refractivity contribution in [1.82, 2.24) is 9.13 Å². The van der Waals surface area contributed by atoms with Crippen LogP contribution in [-0.4, -0.2) is 15.8 Å². The number of rotatable bonds is 2. The maximum absolute atomic E-state index is 6.82. The zero-order chi connectivity index (χ0) is 59.0. The molecule has 3 aliphatic rings. The van der Waals surface area contributed by atoms with Gasteiger partial charge in [0, 0.05) is 49.7 Å². The normalized spacial score (nSPS) is 14.5. The van der Waals surface area contributed by atoms with Crippen molar-refractivity contribution in [2.45, 2.75) is 157 Å². The minimum Gasteiger partial charge on any atom is -0.456 e. The summed E-state index contributed by atoms with van der Waals surface area (Å²) in [6, 6.07) is 59.8. The lowest BCUT2D eigenvalue weighted by molar-refractivity contribution is 0.589. The molecule has 0 atom stereocenters. The van der Waals surface area contributed by atoms with E-state index in [2.05, 4.69) is 295 Å². The van der Waals surface area contributed by atoms with Crippen molar-refractivity contribution in [2.75, 3.05) is 9.80 Å². The van der Waals surface area contributed by atoms with Gasteiger partial charge in [0.25, 0.3) is 6.71 Å². The van der Waals surface area contributed by atoms with Crippen molar-refractivity contribution in [3.05, 3.63) is 185 Å². The zero-order valence-corrected chi connectivity index (χ0v) is 52.7. The van der Waals surface area contributed by atoms with E-state index in [0.717, 1.165) is 33.3 Å². The van der Waals surface area contributed by atoms with Gasteiger partial charge in [-0.3, -0.25) is 0 Å². The number of benzene rings is 9. The number of anilines is 6. The van der Waals surface area contributed by atoms with Crippen molar-refractivity contribution < 1.29 is 4.42 Å². The summed E-state index contributed by atoms with van der Waals surface area (Å²) in [5, 5.41) is 7.41. The van der Waals surface area contributed by atoms with E-state index in [9.17, 15) is 0 Å². The van der Waals surface area contributed by atoms with Crippen LogP contribution in [0.1, 0.15) is 158 Å². The zero-order valence-electron chi connectivity index (χ0n) is 52.7. The molecule has 12 aromatic rings. The standard InChI is InChI=1S/C78H79BN4O/c1-73(2,3)44-26-31-58-52(34-44)53-35-45(74(4,5)6)27-32-59(53)80(58)50-29-30-56-62(43-50)81(61-23-21-25-68-69(61)51-22-19-20-24-67(51)84-68)63-39-49(78(16,17)18)40-64-70(63)79(56)57-38-48(77(13,14)15)42-66-72(57)83(64)65-41-47(76(10,11)12)37-55-54-36-46(75(7,8)9)28-33-60(54)82(66)71(55)65/h19-43H,1-18H3. The van der Waals surface area contributed by atoms with E-state index in [4.69, 9.17) is 4.42 Å². The SMILES string of the molecule is CC(C)(C)c1cc2c3c(c1)N1c4c(cc(C(C)(C)C)cc4-n4c5ccc(C(C)(C)C)cc5c5cc(C(C)(C)C)cc1c54)B3c1ccc(-n3c4ccc(C(C)(C)C)cc4c4cc(C(C)(C)C)ccc43)cc1N2c1cccc2oc3ccccc3c12. The fourth-order valence-corrected chi connectivity index (χ4v) is 14.4. The first-order chi connectivity index (χ1) is 39.4. The van der Waals surface area contributed by atoms with Crippen LogP contribution in [0.25, 0.3) is 76.9 Å². The summed E-state index contributed by atoms with van der Waals surface area (Å²) in [6.45, 7) is 42.3. The van der Waals surface area contributed by atoms with Crippen LogP contribution in [0.2, 0.25) is 0 Å². The third-order valence-corrected chi connectivity index (χ3v) is 19.3. The second kappa shape index (κ2) is 16.9.